The second kappa shape index (κ2) is 4.64. The molecule has 0 aliphatic rings. The molecule has 1 unspecified atom stereocenters. The minimum atomic E-state index is -0.150. The van der Waals surface area contributed by atoms with Crippen LogP contribution in [0.4, 0.5) is 0 Å². The monoisotopic (exact) mass is 209 g/mol. The van der Waals surface area contributed by atoms with Gasteiger partial charge in [-0.1, -0.05) is 32.9 Å². The van der Waals surface area contributed by atoms with Gasteiger partial charge >= 0.3 is 0 Å². The van der Waals surface area contributed by atoms with Crippen molar-refractivity contribution < 1.29 is 9.94 Å². The van der Waals surface area contributed by atoms with Crippen LogP contribution >= 0.6 is 0 Å². The maximum Gasteiger partial charge on any atom is 0.115 e. The zero-order valence-electron chi connectivity index (χ0n) is 9.53. The van der Waals surface area contributed by atoms with Crippen LogP contribution in [0.25, 0.3) is 0 Å². The number of rotatable bonds is 4. The summed E-state index contributed by atoms with van der Waals surface area (Å²) in [6.07, 6.45) is 0.818. The Hall–Kier alpha value is -1.06. The largest absolute Gasteiger partial charge is 0.508 e. The zero-order valence-corrected chi connectivity index (χ0v) is 9.53. The lowest BCUT2D eigenvalue weighted by Gasteiger charge is -2.31. The molecule has 1 aromatic carbocycles. The minimum absolute atomic E-state index is 0.0221. The molecule has 0 aromatic heterocycles. The fourth-order valence-corrected chi connectivity index (χ4v) is 1.55. The number of nitrogens with two attached hydrogens (primary N) is 1. The first kappa shape index (κ1) is 12.0. The highest BCUT2D eigenvalue weighted by Gasteiger charge is 2.29. The molecule has 0 bridgehead atoms. The van der Waals surface area contributed by atoms with E-state index in [2.05, 4.69) is 20.8 Å². The van der Waals surface area contributed by atoms with E-state index in [0.29, 0.717) is 0 Å². The first-order valence-electron chi connectivity index (χ1n) is 5.15. The molecule has 1 rings (SSSR count). The smallest absolute Gasteiger partial charge is 0.115 e. The van der Waals surface area contributed by atoms with Gasteiger partial charge in [-0.15, -0.1) is 0 Å². The van der Waals surface area contributed by atoms with Crippen LogP contribution in [0.15, 0.2) is 24.3 Å². The lowest BCUT2D eigenvalue weighted by atomic mass is 9.80. The summed E-state index contributed by atoms with van der Waals surface area (Å²) in [7, 11) is 0. The Morgan fingerprint density at radius 1 is 1.33 bits per heavy atom. The third-order valence-electron chi connectivity index (χ3n) is 2.95. The molecule has 1 atom stereocenters. The number of benzene rings is 1. The van der Waals surface area contributed by atoms with Gasteiger partial charge in [-0.25, -0.2) is 5.90 Å². The molecule has 0 spiro atoms. The second-order valence-electron chi connectivity index (χ2n) is 4.45. The molecule has 1 aromatic rings. The quantitative estimate of drug-likeness (QED) is 0.750. The molecule has 3 heteroatoms. The summed E-state index contributed by atoms with van der Waals surface area (Å²) in [4.78, 5) is 5.05. The Bertz CT molecular complexity index is 306. The standard InChI is InChI=1S/C12H19NO2/c1-4-12(2,3)11(15-13)9-5-7-10(14)8-6-9/h5-8,11,14H,4,13H2,1-3H3. The molecule has 0 amide bonds. The van der Waals surface area contributed by atoms with Crippen molar-refractivity contribution in [3.05, 3.63) is 29.8 Å². The van der Waals surface area contributed by atoms with E-state index in [-0.39, 0.29) is 17.3 Å². The van der Waals surface area contributed by atoms with E-state index in [0.717, 1.165) is 12.0 Å². The molecule has 15 heavy (non-hydrogen) atoms. The Morgan fingerprint density at radius 2 is 1.87 bits per heavy atom. The Kier molecular flexibility index (Phi) is 3.72. The molecule has 3 nitrogen and oxygen atoms in total. The highest BCUT2D eigenvalue weighted by molar-refractivity contribution is 5.28. The van der Waals surface area contributed by atoms with E-state index in [9.17, 15) is 5.11 Å². The number of hydrogen-bond donors (Lipinski definition) is 2. The van der Waals surface area contributed by atoms with E-state index in [1.54, 1.807) is 12.1 Å². The SMILES string of the molecule is CCC(C)(C)C(ON)c1ccc(O)cc1. The van der Waals surface area contributed by atoms with Crippen LogP contribution in [-0.4, -0.2) is 5.11 Å². The molecule has 0 saturated carbocycles. The predicted molar refractivity (Wildman–Crippen MR) is 60.2 cm³/mol. The van der Waals surface area contributed by atoms with Crippen LogP contribution in [0.5, 0.6) is 5.75 Å². The molecular weight excluding hydrogens is 190 g/mol. The zero-order chi connectivity index (χ0) is 11.5. The van der Waals surface area contributed by atoms with Gasteiger partial charge in [0.05, 0.1) is 0 Å². The van der Waals surface area contributed by atoms with Crippen LogP contribution in [0.1, 0.15) is 38.9 Å². The average molecular weight is 209 g/mol. The highest BCUT2D eigenvalue weighted by atomic mass is 16.6. The van der Waals surface area contributed by atoms with Crippen LogP contribution in [0, 0.1) is 5.41 Å². The molecule has 0 saturated heterocycles. The van der Waals surface area contributed by atoms with Crippen molar-refractivity contribution in [1.82, 2.24) is 0 Å². The first-order chi connectivity index (χ1) is 7.01. The van der Waals surface area contributed by atoms with Crippen molar-refractivity contribution in [2.45, 2.75) is 33.3 Å². The van der Waals surface area contributed by atoms with E-state index in [1.165, 1.54) is 0 Å². The van der Waals surface area contributed by atoms with Gasteiger partial charge in [-0.3, -0.25) is 4.84 Å². The van der Waals surface area contributed by atoms with Gasteiger partial charge in [0, 0.05) is 0 Å². The van der Waals surface area contributed by atoms with E-state index < -0.39 is 0 Å². The van der Waals surface area contributed by atoms with Crippen molar-refractivity contribution in [1.29, 1.82) is 0 Å². The molecule has 3 N–H and O–H groups in total. The van der Waals surface area contributed by atoms with Crippen molar-refractivity contribution >= 4 is 0 Å². The maximum absolute atomic E-state index is 9.20. The number of hydrogen-bond acceptors (Lipinski definition) is 3. The second-order valence-corrected chi connectivity index (χ2v) is 4.45. The summed E-state index contributed by atoms with van der Waals surface area (Å²) in [5.74, 6) is 5.60. The van der Waals surface area contributed by atoms with Crippen molar-refractivity contribution in [2.75, 3.05) is 0 Å². The molecule has 0 fully saturated rings. The Balaban J connectivity index is 2.97. The van der Waals surface area contributed by atoms with Crippen LogP contribution in [-0.2, 0) is 4.84 Å². The van der Waals surface area contributed by atoms with Crippen LogP contribution < -0.4 is 5.90 Å². The predicted octanol–water partition coefficient (Wildman–Crippen LogP) is 2.76. The average Bonchev–Trinajstić information content (AvgIpc) is 2.22. The highest BCUT2D eigenvalue weighted by Crippen LogP contribution is 2.38. The minimum Gasteiger partial charge on any atom is -0.508 e. The number of phenols is 1. The van der Waals surface area contributed by atoms with Crippen molar-refractivity contribution in [3.63, 3.8) is 0 Å². The fraction of sp³-hybridized carbons (Fsp3) is 0.500. The maximum atomic E-state index is 9.20. The van der Waals surface area contributed by atoms with Crippen molar-refractivity contribution in [3.8, 4) is 5.75 Å². The summed E-state index contributed by atoms with van der Waals surface area (Å²) < 4.78 is 0. The molecule has 0 aliphatic carbocycles. The van der Waals surface area contributed by atoms with E-state index in [1.807, 2.05) is 12.1 Å². The van der Waals surface area contributed by atoms with Gasteiger partial charge in [0.1, 0.15) is 11.9 Å². The van der Waals surface area contributed by atoms with Gasteiger partial charge < -0.3 is 5.11 Å². The summed E-state index contributed by atoms with van der Waals surface area (Å²) in [5, 5.41) is 9.20. The summed E-state index contributed by atoms with van der Waals surface area (Å²) >= 11 is 0. The molecule has 84 valence electrons. The van der Waals surface area contributed by atoms with Crippen molar-refractivity contribution in [2.24, 2.45) is 11.3 Å². The normalized spacial score (nSPS) is 13.9. The molecule has 0 heterocycles. The lowest BCUT2D eigenvalue weighted by Crippen LogP contribution is -2.26. The number of phenolic OH excluding ortho intramolecular Hbond substituents is 1. The topological polar surface area (TPSA) is 55.5 Å². The van der Waals surface area contributed by atoms with Gasteiger partial charge in [0.15, 0.2) is 0 Å². The number of aromatic hydroxyl groups is 1. The lowest BCUT2D eigenvalue weighted by molar-refractivity contribution is -0.0316. The summed E-state index contributed by atoms with van der Waals surface area (Å²) in [6, 6.07) is 6.97. The van der Waals surface area contributed by atoms with E-state index in [4.69, 9.17) is 10.7 Å². The Morgan fingerprint density at radius 3 is 2.27 bits per heavy atom. The third-order valence-corrected chi connectivity index (χ3v) is 2.95. The van der Waals surface area contributed by atoms with Crippen LogP contribution in [0.2, 0.25) is 0 Å². The van der Waals surface area contributed by atoms with Gasteiger partial charge in [-0.05, 0) is 29.5 Å². The molecule has 0 radical (unpaired) electrons. The molecular formula is C12H19NO2. The third kappa shape index (κ3) is 2.70. The van der Waals surface area contributed by atoms with E-state index >= 15 is 0 Å². The van der Waals surface area contributed by atoms with Gasteiger partial charge in [0.2, 0.25) is 0 Å². The molecule has 0 aliphatic heterocycles. The Labute approximate surface area is 90.8 Å². The summed E-state index contributed by atoms with van der Waals surface area (Å²) in [5.41, 5.74) is 0.966. The summed E-state index contributed by atoms with van der Waals surface area (Å²) in [6.45, 7) is 6.32. The first-order valence-corrected chi connectivity index (χ1v) is 5.15. The fourth-order valence-electron chi connectivity index (χ4n) is 1.55. The van der Waals surface area contributed by atoms with Gasteiger partial charge in [-0.2, -0.15) is 0 Å². The van der Waals surface area contributed by atoms with Crippen LogP contribution in [0.3, 0.4) is 0 Å². The van der Waals surface area contributed by atoms with Gasteiger partial charge in [0.25, 0.3) is 0 Å².